The Morgan fingerprint density at radius 1 is 1.46 bits per heavy atom. The van der Waals surface area contributed by atoms with Gasteiger partial charge in [0.15, 0.2) is 0 Å². The van der Waals surface area contributed by atoms with E-state index in [0.29, 0.717) is 4.47 Å². The average molecular weight is 266 g/mol. The molecular weight excluding hydrogens is 258 g/mol. The van der Waals surface area contributed by atoms with Crippen LogP contribution in [0.4, 0.5) is 0 Å². The molecule has 1 aromatic rings. The van der Waals surface area contributed by atoms with Crippen LogP contribution >= 0.6 is 15.9 Å². The van der Waals surface area contributed by atoms with E-state index in [0.717, 1.165) is 0 Å². The van der Waals surface area contributed by atoms with Crippen LogP contribution in [0.25, 0.3) is 0 Å². The maximum absolute atomic E-state index is 11.3. The summed E-state index contributed by atoms with van der Waals surface area (Å²) in [5, 5.41) is 9.12. The zero-order valence-corrected chi connectivity index (χ0v) is 9.18. The van der Waals surface area contributed by atoms with Gasteiger partial charge in [-0.15, -0.1) is 0 Å². The topological polar surface area (TPSA) is 66.4 Å². The standard InChI is InChI=1S/C7H8BrNO3S/c1-9-13(11,12)5-2-3-7(10)6(8)4-5/h2-4,9-10H,1H3. The Kier molecular flexibility index (Phi) is 2.94. The van der Waals surface area contributed by atoms with Gasteiger partial charge in [0, 0.05) is 0 Å². The Hall–Kier alpha value is -0.590. The molecule has 0 aromatic heterocycles. The molecule has 0 saturated carbocycles. The molecule has 0 saturated heterocycles. The molecule has 0 bridgehead atoms. The van der Waals surface area contributed by atoms with E-state index in [1.54, 1.807) is 0 Å². The van der Waals surface area contributed by atoms with E-state index in [4.69, 9.17) is 5.11 Å². The number of sulfonamides is 1. The summed E-state index contributed by atoms with van der Waals surface area (Å²) in [5.41, 5.74) is 0. The molecular formula is C7H8BrNO3S. The van der Waals surface area contributed by atoms with Crippen molar-refractivity contribution >= 4 is 26.0 Å². The van der Waals surface area contributed by atoms with Gasteiger partial charge in [-0.3, -0.25) is 0 Å². The van der Waals surface area contributed by atoms with Crippen LogP contribution in [-0.4, -0.2) is 20.6 Å². The minimum atomic E-state index is -3.43. The molecule has 0 aliphatic heterocycles. The van der Waals surface area contributed by atoms with Crippen molar-refractivity contribution in [3.63, 3.8) is 0 Å². The van der Waals surface area contributed by atoms with Gasteiger partial charge in [0.2, 0.25) is 10.0 Å². The number of hydrogen-bond acceptors (Lipinski definition) is 3. The molecule has 0 atom stereocenters. The summed E-state index contributed by atoms with van der Waals surface area (Å²) in [6, 6.07) is 3.97. The summed E-state index contributed by atoms with van der Waals surface area (Å²) >= 11 is 3.03. The minimum absolute atomic E-state index is 0.00931. The lowest BCUT2D eigenvalue weighted by molar-refractivity contribution is 0.471. The molecule has 0 unspecified atom stereocenters. The summed E-state index contributed by atoms with van der Waals surface area (Å²) in [4.78, 5) is 0.111. The first-order valence-electron chi connectivity index (χ1n) is 3.39. The number of aromatic hydroxyl groups is 1. The van der Waals surface area contributed by atoms with E-state index in [1.807, 2.05) is 0 Å². The fourth-order valence-electron chi connectivity index (χ4n) is 0.773. The van der Waals surface area contributed by atoms with Crippen molar-refractivity contribution in [3.05, 3.63) is 22.7 Å². The lowest BCUT2D eigenvalue weighted by Gasteiger charge is -2.03. The number of halogens is 1. The summed E-state index contributed by atoms with van der Waals surface area (Å²) in [7, 11) is -2.10. The third kappa shape index (κ3) is 2.20. The molecule has 1 rings (SSSR count). The average Bonchev–Trinajstić information content (AvgIpc) is 2.09. The SMILES string of the molecule is CNS(=O)(=O)c1ccc(O)c(Br)c1. The predicted octanol–water partition coefficient (Wildman–Crippen LogP) is 1.06. The maximum atomic E-state index is 11.3. The number of phenols is 1. The summed E-state index contributed by atoms with van der Waals surface area (Å²) in [5.74, 6) is 0.00931. The van der Waals surface area contributed by atoms with E-state index >= 15 is 0 Å². The van der Waals surface area contributed by atoms with Gasteiger partial charge in [0.05, 0.1) is 9.37 Å². The quantitative estimate of drug-likeness (QED) is 0.841. The normalized spacial score (nSPS) is 11.5. The van der Waals surface area contributed by atoms with Crippen LogP contribution in [0, 0.1) is 0 Å². The molecule has 4 nitrogen and oxygen atoms in total. The lowest BCUT2D eigenvalue weighted by Crippen LogP contribution is -2.18. The first kappa shape index (κ1) is 10.5. The Balaban J connectivity index is 3.27. The van der Waals surface area contributed by atoms with Gasteiger partial charge in [-0.1, -0.05) is 0 Å². The highest BCUT2D eigenvalue weighted by molar-refractivity contribution is 9.10. The van der Waals surface area contributed by atoms with Gasteiger partial charge in [-0.05, 0) is 41.2 Å². The van der Waals surface area contributed by atoms with E-state index in [9.17, 15) is 8.42 Å². The van der Waals surface area contributed by atoms with Gasteiger partial charge in [-0.25, -0.2) is 13.1 Å². The Labute approximate surface area is 84.8 Å². The molecule has 0 amide bonds. The number of benzene rings is 1. The first-order chi connectivity index (χ1) is 5.97. The Morgan fingerprint density at radius 2 is 2.08 bits per heavy atom. The van der Waals surface area contributed by atoms with E-state index in [1.165, 1.54) is 25.2 Å². The molecule has 13 heavy (non-hydrogen) atoms. The van der Waals surface area contributed by atoms with Crippen molar-refractivity contribution in [2.75, 3.05) is 7.05 Å². The van der Waals surface area contributed by atoms with Gasteiger partial charge in [-0.2, -0.15) is 0 Å². The van der Waals surface area contributed by atoms with Crippen LogP contribution in [0.2, 0.25) is 0 Å². The molecule has 0 heterocycles. The van der Waals surface area contributed by atoms with E-state index in [2.05, 4.69) is 20.7 Å². The van der Waals surface area contributed by atoms with E-state index < -0.39 is 10.0 Å². The summed E-state index contributed by atoms with van der Waals surface area (Å²) < 4.78 is 25.0. The highest BCUT2D eigenvalue weighted by Crippen LogP contribution is 2.25. The fourth-order valence-corrected chi connectivity index (χ4v) is 2.06. The van der Waals surface area contributed by atoms with Crippen molar-refractivity contribution in [1.29, 1.82) is 0 Å². The lowest BCUT2D eigenvalue weighted by atomic mass is 10.3. The van der Waals surface area contributed by atoms with Crippen LogP contribution < -0.4 is 4.72 Å². The monoisotopic (exact) mass is 265 g/mol. The molecule has 2 N–H and O–H groups in total. The molecule has 1 aromatic carbocycles. The van der Waals surface area contributed by atoms with Crippen molar-refractivity contribution < 1.29 is 13.5 Å². The molecule has 6 heteroatoms. The predicted molar refractivity (Wildman–Crippen MR) is 52.1 cm³/mol. The molecule has 0 radical (unpaired) electrons. The second-order valence-electron chi connectivity index (χ2n) is 2.32. The zero-order valence-electron chi connectivity index (χ0n) is 6.78. The van der Waals surface area contributed by atoms with E-state index in [-0.39, 0.29) is 10.6 Å². The Morgan fingerprint density at radius 3 is 2.54 bits per heavy atom. The fraction of sp³-hybridized carbons (Fsp3) is 0.143. The first-order valence-corrected chi connectivity index (χ1v) is 5.67. The largest absolute Gasteiger partial charge is 0.507 e. The molecule has 0 spiro atoms. The van der Waals surface area contributed by atoms with Crippen molar-refractivity contribution in [2.45, 2.75) is 4.90 Å². The van der Waals surface area contributed by atoms with Crippen molar-refractivity contribution in [3.8, 4) is 5.75 Å². The minimum Gasteiger partial charge on any atom is -0.507 e. The highest BCUT2D eigenvalue weighted by Gasteiger charge is 2.12. The van der Waals surface area contributed by atoms with Crippen LogP contribution in [0.1, 0.15) is 0 Å². The number of rotatable bonds is 2. The summed E-state index contributed by atoms with van der Waals surface area (Å²) in [6.45, 7) is 0. The number of phenolic OH excluding ortho intramolecular Hbond substituents is 1. The van der Waals surface area contributed by atoms with Crippen LogP contribution in [-0.2, 0) is 10.0 Å². The van der Waals surface area contributed by atoms with Gasteiger partial charge in [0.1, 0.15) is 5.75 Å². The zero-order chi connectivity index (χ0) is 10.1. The second-order valence-corrected chi connectivity index (χ2v) is 5.06. The van der Waals surface area contributed by atoms with Gasteiger partial charge < -0.3 is 5.11 Å². The van der Waals surface area contributed by atoms with Crippen LogP contribution in [0.15, 0.2) is 27.6 Å². The van der Waals surface area contributed by atoms with Gasteiger partial charge >= 0.3 is 0 Å². The Bertz CT molecular complexity index is 416. The molecule has 0 fully saturated rings. The number of hydrogen-bond donors (Lipinski definition) is 2. The van der Waals surface area contributed by atoms with Crippen molar-refractivity contribution in [2.24, 2.45) is 0 Å². The number of nitrogens with one attached hydrogen (secondary N) is 1. The summed E-state index contributed by atoms with van der Waals surface area (Å²) in [6.07, 6.45) is 0. The maximum Gasteiger partial charge on any atom is 0.240 e. The third-order valence-corrected chi connectivity index (χ3v) is 3.55. The van der Waals surface area contributed by atoms with Gasteiger partial charge in [0.25, 0.3) is 0 Å². The molecule has 0 aliphatic carbocycles. The van der Waals surface area contributed by atoms with Crippen LogP contribution in [0.5, 0.6) is 5.75 Å². The smallest absolute Gasteiger partial charge is 0.240 e. The van der Waals surface area contributed by atoms with Crippen LogP contribution in [0.3, 0.4) is 0 Å². The molecule has 72 valence electrons. The molecule has 0 aliphatic rings. The van der Waals surface area contributed by atoms with Crippen molar-refractivity contribution in [1.82, 2.24) is 4.72 Å². The third-order valence-electron chi connectivity index (χ3n) is 1.50. The highest BCUT2D eigenvalue weighted by atomic mass is 79.9. The second kappa shape index (κ2) is 3.65.